The first-order valence-electron chi connectivity index (χ1n) is 7.79. The first-order valence-corrected chi connectivity index (χ1v) is 7.79. The fraction of sp³-hybridized carbons (Fsp3) is 0.667. The zero-order chi connectivity index (χ0) is 15.0. The second-order valence-corrected chi connectivity index (χ2v) is 7.80. The minimum Gasteiger partial charge on any atom is -0.307 e. The molecule has 112 valence electrons. The van der Waals surface area contributed by atoms with Crippen LogP contribution in [0.2, 0.25) is 0 Å². The molecular weight excluding hydrogens is 244 g/mol. The third kappa shape index (κ3) is 4.07. The fourth-order valence-electron chi connectivity index (χ4n) is 3.75. The highest BCUT2D eigenvalue weighted by Crippen LogP contribution is 2.30. The van der Waals surface area contributed by atoms with Crippen LogP contribution in [0.3, 0.4) is 0 Å². The van der Waals surface area contributed by atoms with E-state index in [1.807, 2.05) is 0 Å². The number of benzene rings is 1. The second kappa shape index (κ2) is 5.50. The highest BCUT2D eigenvalue weighted by molar-refractivity contribution is 5.23. The highest BCUT2D eigenvalue weighted by Gasteiger charge is 2.37. The van der Waals surface area contributed by atoms with Gasteiger partial charge in [0.1, 0.15) is 0 Å². The van der Waals surface area contributed by atoms with Crippen molar-refractivity contribution in [1.29, 1.82) is 0 Å². The maximum atomic E-state index is 3.83. The molecule has 0 aromatic heterocycles. The van der Waals surface area contributed by atoms with E-state index in [4.69, 9.17) is 0 Å². The van der Waals surface area contributed by atoms with Gasteiger partial charge < -0.3 is 10.6 Å². The van der Waals surface area contributed by atoms with E-state index < -0.39 is 0 Å². The number of aryl methyl sites for hydroxylation is 1. The molecular formula is C18H30N2. The van der Waals surface area contributed by atoms with E-state index >= 15 is 0 Å². The van der Waals surface area contributed by atoms with Gasteiger partial charge in [-0.3, -0.25) is 0 Å². The molecule has 0 bridgehead atoms. The van der Waals surface area contributed by atoms with Crippen molar-refractivity contribution in [3.63, 3.8) is 0 Å². The standard InChI is InChI=1S/C18H30N2/c1-13-7-9-15(10-8-13)14(2)19-16-11-17(3,4)20-18(5,6)12-16/h7-10,14,16,19-20H,11-12H2,1-6H3. The number of hydrogen-bond donors (Lipinski definition) is 2. The summed E-state index contributed by atoms with van der Waals surface area (Å²) in [7, 11) is 0. The maximum absolute atomic E-state index is 3.83. The molecule has 1 heterocycles. The molecule has 2 rings (SSSR count). The van der Waals surface area contributed by atoms with E-state index in [-0.39, 0.29) is 11.1 Å². The zero-order valence-corrected chi connectivity index (χ0v) is 13.9. The van der Waals surface area contributed by atoms with E-state index in [9.17, 15) is 0 Å². The van der Waals surface area contributed by atoms with Crippen molar-refractivity contribution in [2.45, 2.75) is 77.5 Å². The second-order valence-electron chi connectivity index (χ2n) is 7.80. The molecule has 1 atom stereocenters. The third-order valence-electron chi connectivity index (χ3n) is 4.25. The van der Waals surface area contributed by atoms with Crippen molar-refractivity contribution >= 4 is 0 Å². The van der Waals surface area contributed by atoms with E-state index in [2.05, 4.69) is 76.4 Å². The van der Waals surface area contributed by atoms with Gasteiger partial charge in [0.25, 0.3) is 0 Å². The SMILES string of the molecule is Cc1ccc(C(C)NC2CC(C)(C)NC(C)(C)C2)cc1. The molecule has 1 fully saturated rings. The molecule has 2 heteroatoms. The summed E-state index contributed by atoms with van der Waals surface area (Å²) in [6.45, 7) is 13.6. The molecule has 0 spiro atoms. The van der Waals surface area contributed by atoms with Crippen LogP contribution in [0.5, 0.6) is 0 Å². The van der Waals surface area contributed by atoms with Crippen molar-refractivity contribution in [2.24, 2.45) is 0 Å². The largest absolute Gasteiger partial charge is 0.307 e. The summed E-state index contributed by atoms with van der Waals surface area (Å²) in [5, 5.41) is 7.57. The molecule has 1 aliphatic heterocycles. The van der Waals surface area contributed by atoms with Crippen molar-refractivity contribution in [2.75, 3.05) is 0 Å². The fourth-order valence-corrected chi connectivity index (χ4v) is 3.75. The van der Waals surface area contributed by atoms with Gasteiger partial charge in [-0.1, -0.05) is 29.8 Å². The van der Waals surface area contributed by atoms with Crippen LogP contribution < -0.4 is 10.6 Å². The molecule has 2 N–H and O–H groups in total. The summed E-state index contributed by atoms with van der Waals surface area (Å²) in [5.41, 5.74) is 3.11. The lowest BCUT2D eigenvalue weighted by Gasteiger charge is -2.47. The summed E-state index contributed by atoms with van der Waals surface area (Å²) in [6, 6.07) is 9.85. The summed E-state index contributed by atoms with van der Waals surface area (Å²) < 4.78 is 0. The van der Waals surface area contributed by atoms with Crippen molar-refractivity contribution < 1.29 is 0 Å². The average Bonchev–Trinajstić information content (AvgIpc) is 2.25. The molecule has 1 unspecified atom stereocenters. The topological polar surface area (TPSA) is 24.1 Å². The Kier molecular flexibility index (Phi) is 4.27. The van der Waals surface area contributed by atoms with Crippen LogP contribution in [0.4, 0.5) is 0 Å². The Hall–Kier alpha value is -0.860. The van der Waals surface area contributed by atoms with Gasteiger partial charge in [0.2, 0.25) is 0 Å². The molecule has 2 nitrogen and oxygen atoms in total. The smallest absolute Gasteiger partial charge is 0.0294 e. The molecule has 20 heavy (non-hydrogen) atoms. The highest BCUT2D eigenvalue weighted by atomic mass is 15.1. The maximum Gasteiger partial charge on any atom is 0.0294 e. The number of hydrogen-bond acceptors (Lipinski definition) is 2. The Balaban J connectivity index is 2.03. The Labute approximate surface area is 124 Å². The van der Waals surface area contributed by atoms with Crippen LogP contribution >= 0.6 is 0 Å². The first kappa shape index (κ1) is 15.5. The Morgan fingerprint density at radius 3 is 2.05 bits per heavy atom. The van der Waals surface area contributed by atoms with Gasteiger partial charge in [0.05, 0.1) is 0 Å². The van der Waals surface area contributed by atoms with Crippen LogP contribution in [0.25, 0.3) is 0 Å². The summed E-state index contributed by atoms with van der Waals surface area (Å²) in [4.78, 5) is 0. The number of rotatable bonds is 3. The molecule has 0 aliphatic carbocycles. The quantitative estimate of drug-likeness (QED) is 0.872. The third-order valence-corrected chi connectivity index (χ3v) is 4.25. The Morgan fingerprint density at radius 2 is 1.55 bits per heavy atom. The minimum absolute atomic E-state index is 0.201. The molecule has 1 saturated heterocycles. The molecule has 0 radical (unpaired) electrons. The van der Waals surface area contributed by atoms with E-state index in [1.54, 1.807) is 0 Å². The van der Waals surface area contributed by atoms with E-state index in [1.165, 1.54) is 24.0 Å². The Bertz CT molecular complexity index is 429. The minimum atomic E-state index is 0.201. The summed E-state index contributed by atoms with van der Waals surface area (Å²) >= 11 is 0. The van der Waals surface area contributed by atoms with Crippen LogP contribution in [-0.2, 0) is 0 Å². The van der Waals surface area contributed by atoms with Crippen LogP contribution in [0.1, 0.15) is 64.6 Å². The lowest BCUT2D eigenvalue weighted by atomic mass is 9.79. The summed E-state index contributed by atoms with van der Waals surface area (Å²) in [6.07, 6.45) is 2.35. The lowest BCUT2D eigenvalue weighted by Crippen LogP contribution is -2.61. The monoisotopic (exact) mass is 274 g/mol. The van der Waals surface area contributed by atoms with Crippen LogP contribution in [-0.4, -0.2) is 17.1 Å². The molecule has 1 aromatic carbocycles. The summed E-state index contributed by atoms with van der Waals surface area (Å²) in [5.74, 6) is 0. The van der Waals surface area contributed by atoms with Gasteiger partial charge in [0, 0.05) is 23.2 Å². The van der Waals surface area contributed by atoms with Crippen LogP contribution in [0.15, 0.2) is 24.3 Å². The molecule has 1 aromatic rings. The average molecular weight is 274 g/mol. The first-order chi connectivity index (χ1) is 9.17. The number of nitrogens with one attached hydrogen (secondary N) is 2. The lowest BCUT2D eigenvalue weighted by molar-refractivity contribution is 0.141. The predicted octanol–water partition coefficient (Wildman–Crippen LogP) is 3.95. The van der Waals surface area contributed by atoms with Crippen molar-refractivity contribution in [1.82, 2.24) is 10.6 Å². The van der Waals surface area contributed by atoms with Crippen LogP contribution in [0, 0.1) is 6.92 Å². The van der Waals surface area contributed by atoms with Gasteiger partial charge >= 0.3 is 0 Å². The van der Waals surface area contributed by atoms with Gasteiger partial charge in [-0.05, 0) is 59.9 Å². The van der Waals surface area contributed by atoms with Crippen molar-refractivity contribution in [3.8, 4) is 0 Å². The number of piperidine rings is 1. The van der Waals surface area contributed by atoms with E-state index in [0.29, 0.717) is 12.1 Å². The normalized spacial score (nSPS) is 23.5. The van der Waals surface area contributed by atoms with E-state index in [0.717, 1.165) is 0 Å². The Morgan fingerprint density at radius 1 is 1.05 bits per heavy atom. The molecule has 0 amide bonds. The molecule has 1 aliphatic rings. The van der Waals surface area contributed by atoms with Crippen molar-refractivity contribution in [3.05, 3.63) is 35.4 Å². The molecule has 0 saturated carbocycles. The van der Waals surface area contributed by atoms with Gasteiger partial charge in [0.15, 0.2) is 0 Å². The zero-order valence-electron chi connectivity index (χ0n) is 13.9. The predicted molar refractivity (Wildman–Crippen MR) is 87.0 cm³/mol. The van der Waals surface area contributed by atoms with Gasteiger partial charge in [-0.15, -0.1) is 0 Å². The van der Waals surface area contributed by atoms with Gasteiger partial charge in [-0.2, -0.15) is 0 Å². The van der Waals surface area contributed by atoms with Gasteiger partial charge in [-0.25, -0.2) is 0 Å².